The topological polar surface area (TPSA) is 85.8 Å². The average molecular weight is 356 g/mol. The highest BCUT2D eigenvalue weighted by atomic mass is 35.5. The maximum atomic E-state index is 14.0. The minimum atomic E-state index is -0.537. The van der Waals surface area contributed by atoms with E-state index in [9.17, 15) is 9.18 Å². The van der Waals surface area contributed by atoms with Gasteiger partial charge >= 0.3 is 0 Å². The van der Waals surface area contributed by atoms with Gasteiger partial charge in [0, 0.05) is 18.0 Å². The molecule has 1 aromatic carbocycles. The van der Waals surface area contributed by atoms with Crippen molar-refractivity contribution in [2.24, 2.45) is 5.73 Å². The fraction of sp³-hybridized carbons (Fsp3) is 0.438. The second-order valence-electron chi connectivity index (χ2n) is 6.48. The smallest absolute Gasteiger partial charge is 0.291 e. The van der Waals surface area contributed by atoms with E-state index < -0.39 is 17.3 Å². The molecule has 0 spiro atoms. The molecule has 0 aliphatic heterocycles. The Labute approximate surface area is 147 Å². The van der Waals surface area contributed by atoms with Gasteiger partial charge in [-0.1, -0.05) is 26.0 Å². The zero-order chi connectivity index (χ0) is 17.2. The van der Waals surface area contributed by atoms with Gasteiger partial charge in [0.2, 0.25) is 5.82 Å². The number of hydrogen-bond donors (Lipinski definition) is 2. The molecule has 6 nitrogen and oxygen atoms in total. The number of rotatable bonds is 5. The summed E-state index contributed by atoms with van der Waals surface area (Å²) in [6.07, 6.45) is 0. The summed E-state index contributed by atoms with van der Waals surface area (Å²) in [5.41, 5.74) is 5.57. The van der Waals surface area contributed by atoms with Gasteiger partial charge in [0.25, 0.3) is 5.91 Å². The van der Waals surface area contributed by atoms with Crippen molar-refractivity contribution in [1.82, 2.24) is 20.1 Å². The number of aromatic nitrogens is 3. The van der Waals surface area contributed by atoms with Crippen LogP contribution in [0.4, 0.5) is 4.39 Å². The number of para-hydroxylation sites is 1. The van der Waals surface area contributed by atoms with E-state index in [4.69, 9.17) is 5.73 Å². The lowest BCUT2D eigenvalue weighted by Gasteiger charge is -2.18. The van der Waals surface area contributed by atoms with Crippen LogP contribution in [0.5, 0.6) is 0 Å². The molecule has 24 heavy (non-hydrogen) atoms. The van der Waals surface area contributed by atoms with Gasteiger partial charge in [-0.2, -0.15) is 0 Å². The first-order valence-electron chi connectivity index (χ1n) is 7.48. The van der Waals surface area contributed by atoms with E-state index in [-0.39, 0.29) is 36.4 Å². The monoisotopic (exact) mass is 355 g/mol. The third kappa shape index (κ3) is 4.75. The first-order valence-corrected chi connectivity index (χ1v) is 7.48. The van der Waals surface area contributed by atoms with Crippen LogP contribution < -0.4 is 11.1 Å². The largest absolute Gasteiger partial charge is 0.347 e. The van der Waals surface area contributed by atoms with Crippen molar-refractivity contribution in [3.63, 3.8) is 0 Å². The van der Waals surface area contributed by atoms with Crippen molar-refractivity contribution >= 4 is 18.3 Å². The summed E-state index contributed by atoms with van der Waals surface area (Å²) in [5.74, 6) is -0.349. The Balaban J connectivity index is 0.00000288. The number of halogens is 2. The van der Waals surface area contributed by atoms with Crippen LogP contribution in [0.1, 0.15) is 50.1 Å². The molecular weight excluding hydrogens is 333 g/mol. The summed E-state index contributed by atoms with van der Waals surface area (Å²) < 4.78 is 15.4. The molecule has 0 radical (unpaired) electrons. The summed E-state index contributed by atoms with van der Waals surface area (Å²) in [6.45, 7) is 7.71. The highest BCUT2D eigenvalue weighted by Gasteiger charge is 2.22. The van der Waals surface area contributed by atoms with Gasteiger partial charge in [-0.25, -0.2) is 14.1 Å². The van der Waals surface area contributed by atoms with Crippen molar-refractivity contribution in [1.29, 1.82) is 0 Å². The van der Waals surface area contributed by atoms with E-state index in [1.165, 1.54) is 10.7 Å². The van der Waals surface area contributed by atoms with Crippen molar-refractivity contribution in [2.75, 3.05) is 6.54 Å². The van der Waals surface area contributed by atoms with Crippen molar-refractivity contribution in [3.05, 3.63) is 41.7 Å². The Morgan fingerprint density at radius 1 is 1.38 bits per heavy atom. The number of carbonyl (C=O) groups is 1. The molecule has 2 aromatic rings. The predicted molar refractivity (Wildman–Crippen MR) is 93.3 cm³/mol. The minimum Gasteiger partial charge on any atom is -0.347 e. The third-order valence-electron chi connectivity index (χ3n) is 3.14. The van der Waals surface area contributed by atoms with Gasteiger partial charge in [-0.15, -0.1) is 17.5 Å². The van der Waals surface area contributed by atoms with Crippen LogP contribution in [-0.2, 0) is 0 Å². The number of carbonyl (C=O) groups excluding carboxylic acids is 1. The second kappa shape index (κ2) is 7.72. The van der Waals surface area contributed by atoms with Gasteiger partial charge < -0.3 is 11.1 Å². The predicted octanol–water partition coefficient (Wildman–Crippen LogP) is 2.42. The number of nitrogens with two attached hydrogens (primary N) is 1. The van der Waals surface area contributed by atoms with Crippen LogP contribution in [0.3, 0.4) is 0 Å². The number of nitrogens with one attached hydrogen (secondary N) is 1. The molecule has 0 aliphatic carbocycles. The second-order valence-corrected chi connectivity index (χ2v) is 6.48. The summed E-state index contributed by atoms with van der Waals surface area (Å²) in [6, 6.07) is 6.25. The number of hydrogen-bond acceptors (Lipinski definition) is 4. The molecule has 0 aliphatic rings. The molecule has 0 atom stereocenters. The van der Waals surface area contributed by atoms with Crippen LogP contribution in [0, 0.1) is 5.82 Å². The molecule has 132 valence electrons. The molecule has 0 saturated heterocycles. The lowest BCUT2D eigenvalue weighted by molar-refractivity contribution is 0.0935. The molecule has 1 heterocycles. The number of nitrogens with zero attached hydrogens (tertiary/aromatic N) is 3. The fourth-order valence-electron chi connectivity index (χ4n) is 1.98. The molecule has 1 aromatic heterocycles. The number of amides is 1. The van der Waals surface area contributed by atoms with E-state index >= 15 is 0 Å². The van der Waals surface area contributed by atoms with Crippen LogP contribution in [-0.4, -0.2) is 32.8 Å². The molecule has 0 fully saturated rings. The summed E-state index contributed by atoms with van der Waals surface area (Å²) in [5, 5.41) is 6.86. The summed E-state index contributed by atoms with van der Waals surface area (Å²) in [7, 11) is 0. The third-order valence-corrected chi connectivity index (χ3v) is 3.14. The Kier molecular flexibility index (Phi) is 6.45. The maximum absolute atomic E-state index is 14.0. The van der Waals surface area contributed by atoms with Gasteiger partial charge in [0.05, 0.1) is 0 Å². The highest BCUT2D eigenvalue weighted by Crippen LogP contribution is 2.19. The molecule has 3 N–H and O–H groups in total. The molecular formula is C16H23ClFN5O. The Bertz CT molecular complexity index is 709. The van der Waals surface area contributed by atoms with Gasteiger partial charge in [-0.05, 0) is 26.0 Å². The van der Waals surface area contributed by atoms with Gasteiger partial charge in [0.15, 0.2) is 0 Å². The minimum absolute atomic E-state index is 0. The fourth-order valence-corrected chi connectivity index (χ4v) is 1.98. The standard InChI is InChI=1S/C16H22FN5O.ClH/c1-10(2)14-20-13(15(23)19-9-16(3,4)18)21-22(14)12-8-6-5-7-11(12)17;/h5-8,10H,9,18H2,1-4H3,(H,19,23);1H. The maximum Gasteiger partial charge on any atom is 0.291 e. The molecule has 0 saturated carbocycles. The van der Waals surface area contributed by atoms with Crippen LogP contribution in [0.15, 0.2) is 24.3 Å². The van der Waals surface area contributed by atoms with Crippen molar-refractivity contribution < 1.29 is 9.18 Å². The Hall–Kier alpha value is -1.99. The zero-order valence-corrected chi connectivity index (χ0v) is 15.0. The first-order chi connectivity index (χ1) is 10.7. The van der Waals surface area contributed by atoms with Crippen LogP contribution in [0.2, 0.25) is 0 Å². The van der Waals surface area contributed by atoms with E-state index in [0.29, 0.717) is 5.82 Å². The van der Waals surface area contributed by atoms with Crippen molar-refractivity contribution in [2.45, 2.75) is 39.2 Å². The molecule has 8 heteroatoms. The average Bonchev–Trinajstić information content (AvgIpc) is 2.89. The Morgan fingerprint density at radius 2 is 2.00 bits per heavy atom. The van der Waals surface area contributed by atoms with E-state index in [1.54, 1.807) is 32.0 Å². The summed E-state index contributed by atoms with van der Waals surface area (Å²) in [4.78, 5) is 16.5. The molecule has 1 amide bonds. The van der Waals surface area contributed by atoms with E-state index in [2.05, 4.69) is 15.4 Å². The molecule has 0 unspecified atom stereocenters. The SMILES string of the molecule is CC(C)c1nc(C(=O)NCC(C)(C)N)nn1-c1ccccc1F.Cl. The van der Waals surface area contributed by atoms with E-state index in [1.807, 2.05) is 13.8 Å². The van der Waals surface area contributed by atoms with E-state index in [0.717, 1.165) is 0 Å². The number of benzene rings is 1. The lowest BCUT2D eigenvalue weighted by Crippen LogP contribution is -2.45. The van der Waals surface area contributed by atoms with Crippen molar-refractivity contribution in [3.8, 4) is 5.69 Å². The summed E-state index contributed by atoms with van der Waals surface area (Å²) >= 11 is 0. The normalized spacial score (nSPS) is 11.3. The van der Waals surface area contributed by atoms with Gasteiger partial charge in [0.1, 0.15) is 17.3 Å². The highest BCUT2D eigenvalue weighted by molar-refractivity contribution is 5.90. The Morgan fingerprint density at radius 3 is 2.54 bits per heavy atom. The lowest BCUT2D eigenvalue weighted by atomic mass is 10.1. The zero-order valence-electron chi connectivity index (χ0n) is 14.2. The van der Waals surface area contributed by atoms with Crippen LogP contribution in [0.25, 0.3) is 5.69 Å². The van der Waals surface area contributed by atoms with Gasteiger partial charge in [-0.3, -0.25) is 4.79 Å². The quantitative estimate of drug-likeness (QED) is 0.862. The molecule has 0 bridgehead atoms. The van der Waals surface area contributed by atoms with Crippen LogP contribution >= 0.6 is 12.4 Å². The molecule has 2 rings (SSSR count). The first kappa shape index (κ1) is 20.1.